The zero-order valence-corrected chi connectivity index (χ0v) is 15.0. The van der Waals surface area contributed by atoms with Crippen LogP contribution in [0.25, 0.3) is 0 Å². The van der Waals surface area contributed by atoms with Crippen LogP contribution in [-0.2, 0) is 17.9 Å². The molecule has 6 nitrogen and oxygen atoms in total. The van der Waals surface area contributed by atoms with Crippen molar-refractivity contribution in [3.8, 4) is 17.6 Å². The maximum absolute atomic E-state index is 12.3. The number of aromatic nitrogens is 1. The Morgan fingerprint density at radius 2 is 2.15 bits per heavy atom. The number of anilines is 1. The van der Waals surface area contributed by atoms with E-state index in [0.717, 1.165) is 11.3 Å². The molecule has 0 fully saturated rings. The summed E-state index contributed by atoms with van der Waals surface area (Å²) in [6.07, 6.45) is 0.683. The van der Waals surface area contributed by atoms with Crippen molar-refractivity contribution in [2.75, 3.05) is 19.5 Å². The van der Waals surface area contributed by atoms with Gasteiger partial charge in [-0.15, -0.1) is 11.8 Å². The third-order valence-corrected chi connectivity index (χ3v) is 3.54. The molecule has 136 valence electrons. The van der Waals surface area contributed by atoms with Crippen molar-refractivity contribution in [3.63, 3.8) is 0 Å². The van der Waals surface area contributed by atoms with Crippen LogP contribution in [0.4, 0.5) is 5.82 Å². The Labute approximate surface area is 153 Å². The second-order valence-electron chi connectivity index (χ2n) is 5.52. The van der Waals surface area contributed by atoms with E-state index in [1.807, 2.05) is 24.3 Å². The fourth-order valence-electron chi connectivity index (χ4n) is 2.31. The minimum atomic E-state index is -0.275. The highest BCUT2D eigenvalue weighted by atomic mass is 16.5. The lowest BCUT2D eigenvalue weighted by atomic mass is 10.2. The zero-order chi connectivity index (χ0) is 18.8. The van der Waals surface area contributed by atoms with E-state index in [0.29, 0.717) is 37.4 Å². The van der Waals surface area contributed by atoms with E-state index in [-0.39, 0.29) is 11.7 Å². The first kappa shape index (κ1) is 19.3. The Bertz CT molecular complexity index is 809. The van der Waals surface area contributed by atoms with Gasteiger partial charge >= 0.3 is 0 Å². The molecule has 2 rings (SSSR count). The van der Waals surface area contributed by atoms with Crippen LogP contribution >= 0.6 is 0 Å². The van der Waals surface area contributed by atoms with Gasteiger partial charge in [-0.3, -0.25) is 4.79 Å². The fourth-order valence-corrected chi connectivity index (χ4v) is 2.31. The van der Waals surface area contributed by atoms with Crippen molar-refractivity contribution in [1.29, 1.82) is 0 Å². The summed E-state index contributed by atoms with van der Waals surface area (Å²) in [5.41, 5.74) is 7.82. The number of rotatable bonds is 8. The van der Waals surface area contributed by atoms with Gasteiger partial charge in [0.05, 0.1) is 24.5 Å². The highest BCUT2D eigenvalue weighted by Gasteiger charge is 2.11. The molecule has 0 unspecified atom stereocenters. The summed E-state index contributed by atoms with van der Waals surface area (Å²) in [5.74, 6) is 6.44. The number of hydrogen-bond donors (Lipinski definition) is 2. The van der Waals surface area contributed by atoms with Crippen LogP contribution < -0.4 is 15.8 Å². The molecule has 0 bridgehead atoms. The second kappa shape index (κ2) is 10.1. The lowest BCUT2D eigenvalue weighted by molar-refractivity contribution is 0.0951. The van der Waals surface area contributed by atoms with Gasteiger partial charge in [0, 0.05) is 20.1 Å². The van der Waals surface area contributed by atoms with Crippen molar-refractivity contribution < 1.29 is 14.3 Å². The smallest absolute Gasteiger partial charge is 0.255 e. The van der Waals surface area contributed by atoms with Crippen molar-refractivity contribution >= 4 is 11.7 Å². The van der Waals surface area contributed by atoms with Crippen LogP contribution in [0.1, 0.15) is 35.0 Å². The summed E-state index contributed by atoms with van der Waals surface area (Å²) in [6, 6.07) is 11.0. The maximum atomic E-state index is 12.3. The Balaban J connectivity index is 1.93. The predicted octanol–water partition coefficient (Wildman–Crippen LogP) is 2.53. The molecule has 0 saturated heterocycles. The van der Waals surface area contributed by atoms with Crippen LogP contribution in [0.3, 0.4) is 0 Å². The van der Waals surface area contributed by atoms with Gasteiger partial charge in [-0.2, -0.15) is 0 Å². The summed E-state index contributed by atoms with van der Waals surface area (Å²) >= 11 is 0. The monoisotopic (exact) mass is 353 g/mol. The minimum absolute atomic E-state index is 0.186. The topological polar surface area (TPSA) is 86.5 Å². The van der Waals surface area contributed by atoms with Crippen molar-refractivity contribution in [1.82, 2.24) is 10.3 Å². The number of ether oxygens (including phenoxy) is 2. The fraction of sp³-hybridized carbons (Fsp3) is 0.300. The molecule has 0 aliphatic rings. The maximum Gasteiger partial charge on any atom is 0.255 e. The number of nitrogen functional groups attached to an aromatic ring is 1. The number of amides is 1. The molecule has 26 heavy (non-hydrogen) atoms. The standard InChI is InChI=1S/C20H23N3O3/c1-3-4-5-11-26-17-8-6-7-15(12-17)13-22-20(24)18-10-9-16(14-25-2)23-19(18)21/h6-10,12H,5,11,13-14H2,1-2H3,(H2,21,23)(H,22,24). The molecule has 0 aliphatic heterocycles. The third-order valence-electron chi connectivity index (χ3n) is 3.54. The Kier molecular flexibility index (Phi) is 7.47. The van der Waals surface area contributed by atoms with Crippen LogP contribution in [-0.4, -0.2) is 24.6 Å². The molecule has 1 aromatic carbocycles. The molecule has 0 radical (unpaired) electrons. The van der Waals surface area contributed by atoms with Gasteiger partial charge in [-0.1, -0.05) is 12.1 Å². The molecule has 3 N–H and O–H groups in total. The van der Waals surface area contributed by atoms with Gasteiger partial charge < -0.3 is 20.5 Å². The Morgan fingerprint density at radius 3 is 2.88 bits per heavy atom. The molecule has 0 atom stereocenters. The SMILES string of the molecule is CC#CCCOc1cccc(CNC(=O)c2ccc(COC)nc2N)c1. The van der Waals surface area contributed by atoms with Crippen LogP contribution in [0.2, 0.25) is 0 Å². The van der Waals surface area contributed by atoms with Gasteiger partial charge in [0.2, 0.25) is 0 Å². The zero-order valence-electron chi connectivity index (χ0n) is 15.0. The number of carbonyl (C=O) groups is 1. The Hall–Kier alpha value is -3.04. The van der Waals surface area contributed by atoms with Crippen LogP contribution in [0.15, 0.2) is 36.4 Å². The summed E-state index contributed by atoms with van der Waals surface area (Å²) in [5, 5.41) is 2.84. The average molecular weight is 353 g/mol. The predicted molar refractivity (Wildman–Crippen MR) is 101 cm³/mol. The molecule has 0 saturated carbocycles. The van der Waals surface area contributed by atoms with E-state index in [1.54, 1.807) is 26.2 Å². The first-order valence-corrected chi connectivity index (χ1v) is 8.28. The second-order valence-corrected chi connectivity index (χ2v) is 5.52. The number of nitrogens with two attached hydrogens (primary N) is 1. The van der Waals surface area contributed by atoms with E-state index in [9.17, 15) is 4.79 Å². The highest BCUT2D eigenvalue weighted by Crippen LogP contribution is 2.15. The number of methoxy groups -OCH3 is 1. The molecule has 6 heteroatoms. The first-order valence-electron chi connectivity index (χ1n) is 8.28. The largest absolute Gasteiger partial charge is 0.493 e. The highest BCUT2D eigenvalue weighted by molar-refractivity contribution is 5.98. The Morgan fingerprint density at radius 1 is 1.31 bits per heavy atom. The number of pyridine rings is 1. The molecular weight excluding hydrogens is 330 g/mol. The van der Waals surface area contributed by atoms with E-state index >= 15 is 0 Å². The molecular formula is C20H23N3O3. The summed E-state index contributed by atoms with van der Waals surface area (Å²) in [6.45, 7) is 3.05. The van der Waals surface area contributed by atoms with E-state index in [4.69, 9.17) is 15.2 Å². The number of benzene rings is 1. The van der Waals surface area contributed by atoms with E-state index in [2.05, 4.69) is 22.1 Å². The number of hydrogen-bond acceptors (Lipinski definition) is 5. The quantitative estimate of drug-likeness (QED) is 0.563. The van der Waals surface area contributed by atoms with E-state index in [1.165, 1.54) is 0 Å². The molecule has 0 spiro atoms. The molecule has 2 aromatic rings. The number of nitrogens with zero attached hydrogens (tertiary/aromatic N) is 1. The average Bonchev–Trinajstić information content (AvgIpc) is 2.64. The number of nitrogens with one attached hydrogen (secondary N) is 1. The lowest BCUT2D eigenvalue weighted by Crippen LogP contribution is -2.24. The number of carbonyl (C=O) groups excluding carboxylic acids is 1. The lowest BCUT2D eigenvalue weighted by Gasteiger charge is -2.10. The molecule has 1 heterocycles. The minimum Gasteiger partial charge on any atom is -0.493 e. The third kappa shape index (κ3) is 5.80. The van der Waals surface area contributed by atoms with Crippen LogP contribution in [0, 0.1) is 11.8 Å². The first-order chi connectivity index (χ1) is 12.6. The van der Waals surface area contributed by atoms with Crippen LogP contribution in [0.5, 0.6) is 5.75 Å². The van der Waals surface area contributed by atoms with Gasteiger partial charge in [-0.25, -0.2) is 4.98 Å². The summed E-state index contributed by atoms with van der Waals surface area (Å²) in [4.78, 5) is 16.5. The molecule has 1 aromatic heterocycles. The van der Waals surface area contributed by atoms with E-state index < -0.39 is 0 Å². The van der Waals surface area contributed by atoms with Crippen molar-refractivity contribution in [2.45, 2.75) is 26.5 Å². The van der Waals surface area contributed by atoms with Gasteiger partial charge in [0.25, 0.3) is 5.91 Å². The van der Waals surface area contributed by atoms with Crippen molar-refractivity contribution in [3.05, 3.63) is 53.2 Å². The summed E-state index contributed by atoms with van der Waals surface area (Å²) in [7, 11) is 1.58. The van der Waals surface area contributed by atoms with Gasteiger partial charge in [0.1, 0.15) is 11.6 Å². The summed E-state index contributed by atoms with van der Waals surface area (Å²) < 4.78 is 10.6. The van der Waals surface area contributed by atoms with Gasteiger partial charge in [0.15, 0.2) is 0 Å². The molecule has 1 amide bonds. The normalized spacial score (nSPS) is 9.92. The van der Waals surface area contributed by atoms with Gasteiger partial charge in [-0.05, 0) is 36.8 Å². The molecule has 0 aliphatic carbocycles. The van der Waals surface area contributed by atoms with Crippen molar-refractivity contribution in [2.24, 2.45) is 0 Å².